The number of amides is 2. The highest BCUT2D eigenvalue weighted by Crippen LogP contribution is 2.35. The average Bonchev–Trinajstić information content (AvgIpc) is 3.07. The standard InChI is InChI=1S/C22H20N2O2/c1-14(25)23-13-15-5-7-18(8-6-15)22(26)24-20-12-11-17-10-9-16-3-2-4-19(20)21(16)17/h2-8,11-12H,9-10,13H2,1H3,(H,23,25)(H,24,26). The van der Waals surface area contributed by atoms with Gasteiger partial charge in [-0.1, -0.05) is 36.4 Å². The molecule has 0 fully saturated rings. The number of hydrogen-bond acceptors (Lipinski definition) is 2. The van der Waals surface area contributed by atoms with E-state index in [4.69, 9.17) is 0 Å². The summed E-state index contributed by atoms with van der Waals surface area (Å²) in [6.45, 7) is 1.95. The van der Waals surface area contributed by atoms with E-state index in [2.05, 4.69) is 34.9 Å². The number of carbonyl (C=O) groups excluding carboxylic acids is 2. The largest absolute Gasteiger partial charge is 0.352 e. The first-order valence-corrected chi connectivity index (χ1v) is 8.80. The highest BCUT2D eigenvalue weighted by Gasteiger charge is 2.17. The van der Waals surface area contributed by atoms with E-state index >= 15 is 0 Å². The molecule has 4 nitrogen and oxygen atoms in total. The predicted molar refractivity (Wildman–Crippen MR) is 103 cm³/mol. The van der Waals surface area contributed by atoms with Crippen LogP contribution in [0, 0.1) is 0 Å². The maximum atomic E-state index is 12.6. The predicted octanol–water partition coefficient (Wildman–Crippen LogP) is 3.83. The van der Waals surface area contributed by atoms with E-state index < -0.39 is 0 Å². The second-order valence-electron chi connectivity index (χ2n) is 6.67. The van der Waals surface area contributed by atoms with Crippen LogP contribution in [0.2, 0.25) is 0 Å². The number of carbonyl (C=O) groups is 2. The lowest BCUT2D eigenvalue weighted by molar-refractivity contribution is -0.119. The Morgan fingerprint density at radius 3 is 2.38 bits per heavy atom. The topological polar surface area (TPSA) is 58.2 Å². The second kappa shape index (κ2) is 6.64. The molecule has 0 saturated carbocycles. The van der Waals surface area contributed by atoms with Crippen molar-refractivity contribution >= 4 is 28.3 Å². The molecule has 4 heteroatoms. The Hall–Kier alpha value is -3.14. The Morgan fingerprint density at radius 1 is 0.923 bits per heavy atom. The zero-order valence-electron chi connectivity index (χ0n) is 14.6. The highest BCUT2D eigenvalue weighted by atomic mass is 16.2. The molecule has 0 unspecified atom stereocenters. The van der Waals surface area contributed by atoms with E-state index in [0.717, 1.165) is 29.5 Å². The summed E-state index contributed by atoms with van der Waals surface area (Å²) in [5, 5.41) is 8.18. The number of benzene rings is 3. The molecule has 2 amide bonds. The van der Waals surface area contributed by atoms with Gasteiger partial charge in [-0.3, -0.25) is 9.59 Å². The lowest BCUT2D eigenvalue weighted by Gasteiger charge is -2.11. The maximum Gasteiger partial charge on any atom is 0.255 e. The molecule has 1 aliphatic carbocycles. The third kappa shape index (κ3) is 3.06. The van der Waals surface area contributed by atoms with Crippen molar-refractivity contribution in [3.8, 4) is 0 Å². The SMILES string of the molecule is CC(=O)NCc1ccc(C(=O)Nc2ccc3c4c(cccc24)CC3)cc1. The number of nitrogens with one attached hydrogen (secondary N) is 2. The Kier molecular flexibility index (Phi) is 4.17. The molecule has 3 aromatic rings. The Morgan fingerprint density at radius 2 is 1.65 bits per heavy atom. The van der Waals surface area contributed by atoms with E-state index in [-0.39, 0.29) is 11.8 Å². The van der Waals surface area contributed by atoms with Crippen molar-refractivity contribution in [1.82, 2.24) is 5.32 Å². The molecule has 0 aliphatic heterocycles. The van der Waals surface area contributed by atoms with Crippen molar-refractivity contribution in [3.63, 3.8) is 0 Å². The van der Waals surface area contributed by atoms with Gasteiger partial charge in [-0.2, -0.15) is 0 Å². The summed E-state index contributed by atoms with van der Waals surface area (Å²) in [6, 6.07) is 17.7. The van der Waals surface area contributed by atoms with Crippen molar-refractivity contribution < 1.29 is 9.59 Å². The van der Waals surface area contributed by atoms with Gasteiger partial charge in [0, 0.05) is 30.1 Å². The van der Waals surface area contributed by atoms with Gasteiger partial charge in [-0.15, -0.1) is 0 Å². The molecule has 0 bridgehead atoms. The van der Waals surface area contributed by atoms with Crippen LogP contribution in [0.4, 0.5) is 5.69 Å². The molecule has 0 saturated heterocycles. The van der Waals surface area contributed by atoms with Crippen molar-refractivity contribution in [3.05, 3.63) is 76.9 Å². The van der Waals surface area contributed by atoms with E-state index in [1.165, 1.54) is 23.4 Å². The monoisotopic (exact) mass is 344 g/mol. The minimum atomic E-state index is -0.130. The molecular formula is C22H20N2O2. The molecule has 3 aromatic carbocycles. The van der Waals surface area contributed by atoms with Crippen LogP contribution in [0.5, 0.6) is 0 Å². The summed E-state index contributed by atoms with van der Waals surface area (Å²) in [7, 11) is 0. The molecule has 1 aliphatic rings. The van der Waals surface area contributed by atoms with E-state index in [9.17, 15) is 9.59 Å². The van der Waals surface area contributed by atoms with E-state index in [1.807, 2.05) is 18.2 Å². The highest BCUT2D eigenvalue weighted by molar-refractivity contribution is 6.10. The zero-order chi connectivity index (χ0) is 18.1. The molecule has 4 rings (SSSR count). The van der Waals surface area contributed by atoms with Crippen LogP contribution >= 0.6 is 0 Å². The van der Waals surface area contributed by atoms with Crippen LogP contribution in [-0.2, 0) is 24.2 Å². The number of hydrogen-bond donors (Lipinski definition) is 2. The molecule has 0 aromatic heterocycles. The third-order valence-electron chi connectivity index (χ3n) is 4.88. The minimum Gasteiger partial charge on any atom is -0.352 e. The van der Waals surface area contributed by atoms with Crippen LogP contribution < -0.4 is 10.6 Å². The van der Waals surface area contributed by atoms with Crippen LogP contribution in [0.25, 0.3) is 10.8 Å². The van der Waals surface area contributed by atoms with Crippen LogP contribution in [0.15, 0.2) is 54.6 Å². The van der Waals surface area contributed by atoms with Gasteiger partial charge in [-0.25, -0.2) is 0 Å². The van der Waals surface area contributed by atoms with Crippen molar-refractivity contribution in [1.29, 1.82) is 0 Å². The summed E-state index contributed by atoms with van der Waals surface area (Å²) in [5.41, 5.74) is 5.12. The fourth-order valence-electron chi connectivity index (χ4n) is 3.55. The van der Waals surface area contributed by atoms with Crippen LogP contribution in [0.3, 0.4) is 0 Å². The fraction of sp³-hybridized carbons (Fsp3) is 0.182. The summed E-state index contributed by atoms with van der Waals surface area (Å²) in [6.07, 6.45) is 2.14. The Labute approximate surface area is 152 Å². The molecule has 0 heterocycles. The van der Waals surface area contributed by atoms with Crippen molar-refractivity contribution in [2.75, 3.05) is 5.32 Å². The lowest BCUT2D eigenvalue weighted by atomic mass is 10.0. The molecular weight excluding hydrogens is 324 g/mol. The number of anilines is 1. The number of rotatable bonds is 4. The van der Waals surface area contributed by atoms with Crippen molar-refractivity contribution in [2.24, 2.45) is 0 Å². The first-order chi connectivity index (χ1) is 12.6. The van der Waals surface area contributed by atoms with Crippen LogP contribution in [-0.4, -0.2) is 11.8 Å². The molecule has 130 valence electrons. The first-order valence-electron chi connectivity index (χ1n) is 8.80. The Balaban J connectivity index is 1.56. The van der Waals surface area contributed by atoms with Gasteiger partial charge < -0.3 is 10.6 Å². The molecule has 0 spiro atoms. The van der Waals surface area contributed by atoms with E-state index in [0.29, 0.717) is 12.1 Å². The lowest BCUT2D eigenvalue weighted by Crippen LogP contribution is -2.19. The molecule has 2 N–H and O–H groups in total. The van der Waals surface area contributed by atoms with Gasteiger partial charge in [0.1, 0.15) is 0 Å². The third-order valence-corrected chi connectivity index (χ3v) is 4.88. The van der Waals surface area contributed by atoms with Gasteiger partial charge in [0.15, 0.2) is 0 Å². The summed E-state index contributed by atoms with van der Waals surface area (Å²) >= 11 is 0. The van der Waals surface area contributed by atoms with Crippen molar-refractivity contribution in [2.45, 2.75) is 26.3 Å². The molecule has 26 heavy (non-hydrogen) atoms. The van der Waals surface area contributed by atoms with Gasteiger partial charge in [0.25, 0.3) is 5.91 Å². The normalized spacial score (nSPS) is 12.2. The van der Waals surface area contributed by atoms with Gasteiger partial charge >= 0.3 is 0 Å². The zero-order valence-corrected chi connectivity index (χ0v) is 14.6. The number of aryl methyl sites for hydroxylation is 2. The second-order valence-corrected chi connectivity index (χ2v) is 6.67. The quantitative estimate of drug-likeness (QED) is 0.756. The van der Waals surface area contributed by atoms with Crippen LogP contribution in [0.1, 0.15) is 34.0 Å². The van der Waals surface area contributed by atoms with Gasteiger partial charge in [-0.05, 0) is 53.1 Å². The molecule has 0 radical (unpaired) electrons. The summed E-state index contributed by atoms with van der Waals surface area (Å²) in [4.78, 5) is 23.6. The van der Waals surface area contributed by atoms with Gasteiger partial charge in [0.2, 0.25) is 5.91 Å². The first kappa shape index (κ1) is 16.3. The average molecular weight is 344 g/mol. The fourth-order valence-corrected chi connectivity index (χ4v) is 3.55. The maximum absolute atomic E-state index is 12.6. The smallest absolute Gasteiger partial charge is 0.255 e. The summed E-state index contributed by atoms with van der Waals surface area (Å²) < 4.78 is 0. The van der Waals surface area contributed by atoms with E-state index in [1.54, 1.807) is 12.1 Å². The summed E-state index contributed by atoms with van der Waals surface area (Å²) in [5.74, 6) is -0.200. The Bertz CT molecular complexity index is 996. The van der Waals surface area contributed by atoms with Gasteiger partial charge in [0.05, 0.1) is 0 Å². The minimum absolute atomic E-state index is 0.0705. The molecule has 0 atom stereocenters.